The van der Waals surface area contributed by atoms with Gasteiger partial charge in [0, 0.05) is 17.6 Å². The van der Waals surface area contributed by atoms with Crippen molar-refractivity contribution in [2.24, 2.45) is 0 Å². The maximum absolute atomic E-state index is 13.2. The summed E-state index contributed by atoms with van der Waals surface area (Å²) in [6.45, 7) is 4.39. The van der Waals surface area contributed by atoms with Crippen LogP contribution in [0.5, 0.6) is 0 Å². The number of benzene rings is 1. The lowest BCUT2D eigenvalue weighted by Gasteiger charge is -2.17. The topological polar surface area (TPSA) is 85.1 Å². The highest BCUT2D eigenvalue weighted by Crippen LogP contribution is 2.33. The van der Waals surface area contributed by atoms with E-state index in [0.29, 0.717) is 10.9 Å². The van der Waals surface area contributed by atoms with Gasteiger partial charge in [0.1, 0.15) is 5.69 Å². The molecule has 1 aromatic heterocycles. The zero-order valence-electron chi connectivity index (χ0n) is 19.5. The Bertz CT molecular complexity index is 859. The molecule has 6 nitrogen and oxygen atoms in total. The van der Waals surface area contributed by atoms with Crippen LogP contribution in [0, 0.1) is 10.1 Å². The second kappa shape index (κ2) is 14.8. The van der Waals surface area contributed by atoms with Crippen LogP contribution in [-0.2, 0) is 4.79 Å². The summed E-state index contributed by atoms with van der Waals surface area (Å²) in [7, 11) is 0. The van der Waals surface area contributed by atoms with Gasteiger partial charge in [-0.15, -0.1) is 11.8 Å². The Kier molecular flexibility index (Phi) is 12.1. The molecule has 1 amide bonds. The Morgan fingerprint density at radius 3 is 2.44 bits per heavy atom. The Morgan fingerprint density at radius 2 is 1.72 bits per heavy atom. The summed E-state index contributed by atoms with van der Waals surface area (Å²) >= 11 is 1.69. The van der Waals surface area contributed by atoms with Crippen LogP contribution < -0.4 is 5.32 Å². The molecule has 0 aliphatic carbocycles. The van der Waals surface area contributed by atoms with Gasteiger partial charge < -0.3 is 5.32 Å². The third-order valence-electron chi connectivity index (χ3n) is 5.64. The molecular weight excluding hydrogens is 422 g/mol. The van der Waals surface area contributed by atoms with Crippen LogP contribution in [0.25, 0.3) is 10.9 Å². The zero-order valence-corrected chi connectivity index (χ0v) is 20.3. The molecule has 1 unspecified atom stereocenters. The van der Waals surface area contributed by atoms with Gasteiger partial charge in [-0.25, -0.2) is 0 Å². The van der Waals surface area contributed by atoms with E-state index in [1.165, 1.54) is 51.0 Å². The average Bonchev–Trinajstić information content (AvgIpc) is 2.79. The third-order valence-corrected chi connectivity index (χ3v) is 7.01. The molecule has 1 N–H and O–H groups in total. The van der Waals surface area contributed by atoms with Crippen molar-refractivity contribution in [2.45, 2.75) is 89.7 Å². The number of nitro groups is 1. The van der Waals surface area contributed by atoms with Crippen molar-refractivity contribution in [3.8, 4) is 0 Å². The Balaban J connectivity index is 2.10. The van der Waals surface area contributed by atoms with E-state index in [4.69, 9.17) is 0 Å². The summed E-state index contributed by atoms with van der Waals surface area (Å²) in [5.74, 6) is 0.797. The molecule has 7 heteroatoms. The maximum atomic E-state index is 13.2. The van der Waals surface area contributed by atoms with E-state index >= 15 is 0 Å². The number of amides is 1. The molecule has 1 heterocycles. The fourth-order valence-electron chi connectivity index (χ4n) is 3.78. The Hall–Kier alpha value is -2.15. The largest absolute Gasteiger partial charge is 0.319 e. The minimum absolute atomic E-state index is 0.0925. The van der Waals surface area contributed by atoms with Crippen molar-refractivity contribution in [3.63, 3.8) is 0 Å². The van der Waals surface area contributed by atoms with E-state index in [0.717, 1.165) is 31.4 Å². The summed E-state index contributed by atoms with van der Waals surface area (Å²) in [6.07, 6.45) is 14.2. The smallest absolute Gasteiger partial charge is 0.293 e. The van der Waals surface area contributed by atoms with E-state index in [1.54, 1.807) is 36.2 Å². The first-order valence-electron chi connectivity index (χ1n) is 12.0. The first kappa shape index (κ1) is 26.1. The van der Waals surface area contributed by atoms with Crippen LogP contribution in [0.4, 0.5) is 11.4 Å². The van der Waals surface area contributed by atoms with Crippen molar-refractivity contribution >= 4 is 39.9 Å². The molecule has 0 bridgehead atoms. The lowest BCUT2D eigenvalue weighted by atomic mass is 10.1. The predicted molar refractivity (Wildman–Crippen MR) is 135 cm³/mol. The first-order chi connectivity index (χ1) is 15.6. The molecule has 0 fully saturated rings. The molecule has 0 saturated heterocycles. The van der Waals surface area contributed by atoms with E-state index in [9.17, 15) is 14.9 Å². The number of carbonyl (C=O) groups excluding carboxylic acids is 1. The molecule has 1 aromatic carbocycles. The molecule has 0 saturated carbocycles. The normalized spacial score (nSPS) is 12.1. The van der Waals surface area contributed by atoms with Gasteiger partial charge in [0.25, 0.3) is 5.69 Å². The van der Waals surface area contributed by atoms with Crippen molar-refractivity contribution in [3.05, 3.63) is 40.6 Å². The SMILES string of the molecule is CCCCCCCCC(SCCCCCC)C(=O)Nc1c([N+](=O)[O-])ccc2ncccc12. The molecular formula is C25H37N3O3S. The number of hydrogen-bond donors (Lipinski definition) is 1. The fourth-order valence-corrected chi connectivity index (χ4v) is 4.98. The molecule has 0 radical (unpaired) electrons. The van der Waals surface area contributed by atoms with E-state index < -0.39 is 4.92 Å². The molecule has 32 heavy (non-hydrogen) atoms. The number of carbonyl (C=O) groups is 1. The van der Waals surface area contributed by atoms with Crippen LogP contribution in [0.2, 0.25) is 0 Å². The number of pyridine rings is 1. The minimum Gasteiger partial charge on any atom is -0.319 e. The summed E-state index contributed by atoms with van der Waals surface area (Å²) in [5.41, 5.74) is 0.795. The Labute approximate surface area is 196 Å². The molecule has 1 atom stereocenters. The van der Waals surface area contributed by atoms with Crippen LogP contribution in [0.15, 0.2) is 30.5 Å². The first-order valence-corrected chi connectivity index (χ1v) is 13.1. The quantitative estimate of drug-likeness (QED) is 0.159. The lowest BCUT2D eigenvalue weighted by Crippen LogP contribution is -2.26. The third kappa shape index (κ3) is 8.41. The number of aromatic nitrogens is 1. The fraction of sp³-hybridized carbons (Fsp3) is 0.600. The van der Waals surface area contributed by atoms with Crippen LogP contribution >= 0.6 is 11.8 Å². The predicted octanol–water partition coefficient (Wildman–Crippen LogP) is 7.51. The van der Waals surface area contributed by atoms with Crippen LogP contribution in [0.3, 0.4) is 0 Å². The van der Waals surface area contributed by atoms with Crippen molar-refractivity contribution in [1.82, 2.24) is 4.98 Å². The van der Waals surface area contributed by atoms with E-state index in [2.05, 4.69) is 24.1 Å². The Morgan fingerprint density at radius 1 is 1.03 bits per heavy atom. The number of anilines is 1. The van der Waals surface area contributed by atoms with Crippen LogP contribution in [0.1, 0.15) is 84.5 Å². The minimum atomic E-state index is -0.442. The molecule has 0 aliphatic rings. The molecule has 2 aromatic rings. The molecule has 176 valence electrons. The number of unbranched alkanes of at least 4 members (excludes halogenated alkanes) is 8. The van der Waals surface area contributed by atoms with Gasteiger partial charge in [0.05, 0.1) is 15.7 Å². The monoisotopic (exact) mass is 459 g/mol. The van der Waals surface area contributed by atoms with Gasteiger partial charge in [0.15, 0.2) is 0 Å². The second-order valence-corrected chi connectivity index (χ2v) is 9.56. The number of nitro benzene ring substituents is 1. The van der Waals surface area contributed by atoms with Gasteiger partial charge in [-0.1, -0.05) is 71.6 Å². The maximum Gasteiger partial charge on any atom is 0.293 e. The number of rotatable bonds is 16. The van der Waals surface area contributed by atoms with Gasteiger partial charge >= 0.3 is 0 Å². The van der Waals surface area contributed by atoms with Crippen LogP contribution in [-0.4, -0.2) is 26.8 Å². The highest BCUT2D eigenvalue weighted by molar-refractivity contribution is 8.00. The summed E-state index contributed by atoms with van der Waals surface area (Å²) < 4.78 is 0. The zero-order chi connectivity index (χ0) is 23.2. The molecule has 2 rings (SSSR count). The molecule has 0 aliphatic heterocycles. The average molecular weight is 460 g/mol. The summed E-state index contributed by atoms with van der Waals surface area (Å²) in [5, 5.41) is 14.9. The number of thioether (sulfide) groups is 1. The summed E-state index contributed by atoms with van der Waals surface area (Å²) in [6, 6.07) is 6.55. The lowest BCUT2D eigenvalue weighted by molar-refractivity contribution is -0.383. The van der Waals surface area contributed by atoms with Gasteiger partial charge in [-0.3, -0.25) is 19.9 Å². The van der Waals surface area contributed by atoms with Crippen molar-refractivity contribution < 1.29 is 9.72 Å². The van der Waals surface area contributed by atoms with E-state index in [1.807, 2.05) is 0 Å². The number of fused-ring (bicyclic) bond motifs is 1. The van der Waals surface area contributed by atoms with Crippen molar-refractivity contribution in [1.29, 1.82) is 0 Å². The van der Waals surface area contributed by atoms with Gasteiger partial charge in [-0.05, 0) is 36.8 Å². The second-order valence-electron chi connectivity index (χ2n) is 8.25. The number of hydrogen-bond acceptors (Lipinski definition) is 5. The highest BCUT2D eigenvalue weighted by atomic mass is 32.2. The van der Waals surface area contributed by atoms with Gasteiger partial charge in [-0.2, -0.15) is 0 Å². The number of nitrogens with one attached hydrogen (secondary N) is 1. The standard InChI is InChI=1S/C25H37N3O3S/c1-3-5-7-9-10-11-15-23(32-19-12-8-6-4-2)25(29)27-24-20-14-13-18-26-21(20)16-17-22(24)28(30)31/h13-14,16-18,23H,3-12,15,19H2,1-2H3,(H,27,29). The number of nitrogens with zero attached hydrogens (tertiary/aromatic N) is 2. The van der Waals surface area contributed by atoms with E-state index in [-0.39, 0.29) is 22.5 Å². The highest BCUT2D eigenvalue weighted by Gasteiger charge is 2.24. The van der Waals surface area contributed by atoms with Crippen molar-refractivity contribution in [2.75, 3.05) is 11.1 Å². The molecule has 0 spiro atoms. The summed E-state index contributed by atoms with van der Waals surface area (Å²) in [4.78, 5) is 28.7. The van der Waals surface area contributed by atoms with Gasteiger partial charge in [0.2, 0.25) is 5.91 Å².